The number of imidazole rings is 1. The van der Waals surface area contributed by atoms with Gasteiger partial charge in [-0.2, -0.15) is 5.10 Å². The van der Waals surface area contributed by atoms with Crippen molar-refractivity contribution in [1.29, 1.82) is 0 Å². The first kappa shape index (κ1) is 15.4. The van der Waals surface area contributed by atoms with E-state index in [-0.39, 0.29) is 0 Å². The van der Waals surface area contributed by atoms with Gasteiger partial charge in [0.15, 0.2) is 11.5 Å². The largest absolute Gasteiger partial charge is 0.493 e. The van der Waals surface area contributed by atoms with E-state index in [9.17, 15) is 0 Å². The summed E-state index contributed by atoms with van der Waals surface area (Å²) >= 11 is 1.65. The van der Waals surface area contributed by atoms with Crippen LogP contribution in [0.3, 0.4) is 0 Å². The Hall–Kier alpha value is -2.86. The molecule has 130 valence electrons. The van der Waals surface area contributed by atoms with Gasteiger partial charge in [0, 0.05) is 18.4 Å². The van der Waals surface area contributed by atoms with E-state index in [4.69, 9.17) is 19.6 Å². The summed E-state index contributed by atoms with van der Waals surface area (Å²) in [6, 6.07) is 14.5. The number of aromatic nitrogens is 3. The summed E-state index contributed by atoms with van der Waals surface area (Å²) in [5.41, 5.74) is 5.72. The van der Waals surface area contributed by atoms with Crippen LogP contribution in [0.4, 0.5) is 0 Å². The molecule has 0 N–H and O–H groups in total. The quantitative estimate of drug-likeness (QED) is 0.485. The van der Waals surface area contributed by atoms with Crippen LogP contribution in [0.1, 0.15) is 21.8 Å². The highest BCUT2D eigenvalue weighted by Crippen LogP contribution is 2.43. The van der Waals surface area contributed by atoms with Crippen molar-refractivity contribution in [1.82, 2.24) is 14.6 Å². The third kappa shape index (κ3) is 2.29. The molecule has 2 aromatic heterocycles. The van der Waals surface area contributed by atoms with Crippen molar-refractivity contribution in [3.63, 3.8) is 0 Å². The lowest BCUT2D eigenvalue weighted by molar-refractivity contribution is 0.355. The smallest absolute Gasteiger partial charge is 0.212 e. The SMILES string of the molecule is COc1cc2c(cc1OC)-c1nc3sc(Cc4ccccc4)nn3c1C2. The lowest BCUT2D eigenvalue weighted by Gasteiger charge is -2.09. The Morgan fingerprint density at radius 1 is 1.08 bits per heavy atom. The Labute approximate surface area is 154 Å². The lowest BCUT2D eigenvalue weighted by Crippen LogP contribution is -1.95. The molecule has 2 aromatic carbocycles. The van der Waals surface area contributed by atoms with Crippen LogP contribution in [0.15, 0.2) is 42.5 Å². The van der Waals surface area contributed by atoms with Gasteiger partial charge >= 0.3 is 0 Å². The number of hydrogen-bond donors (Lipinski definition) is 0. The zero-order chi connectivity index (χ0) is 17.7. The number of nitrogens with zero attached hydrogens (tertiary/aromatic N) is 3. The molecule has 0 spiro atoms. The molecule has 0 saturated carbocycles. The Morgan fingerprint density at radius 2 is 1.85 bits per heavy atom. The molecule has 0 bridgehead atoms. The van der Waals surface area contributed by atoms with Crippen LogP contribution in [0.2, 0.25) is 0 Å². The highest BCUT2D eigenvalue weighted by atomic mass is 32.1. The van der Waals surface area contributed by atoms with Crippen LogP contribution in [0.5, 0.6) is 11.5 Å². The van der Waals surface area contributed by atoms with Crippen molar-refractivity contribution in [2.24, 2.45) is 0 Å². The second-order valence-corrected chi connectivity index (χ2v) is 7.34. The zero-order valence-electron chi connectivity index (χ0n) is 14.5. The van der Waals surface area contributed by atoms with Gasteiger partial charge in [0.25, 0.3) is 0 Å². The molecule has 0 unspecified atom stereocenters. The van der Waals surface area contributed by atoms with Gasteiger partial charge in [0.2, 0.25) is 4.96 Å². The number of methoxy groups -OCH3 is 2. The average molecular weight is 363 g/mol. The maximum atomic E-state index is 5.44. The van der Waals surface area contributed by atoms with Crippen molar-refractivity contribution in [2.75, 3.05) is 14.2 Å². The van der Waals surface area contributed by atoms with Crippen molar-refractivity contribution >= 4 is 16.3 Å². The fraction of sp³-hybridized carbons (Fsp3) is 0.200. The summed E-state index contributed by atoms with van der Waals surface area (Å²) < 4.78 is 12.9. The molecule has 0 atom stereocenters. The van der Waals surface area contributed by atoms with Crippen LogP contribution in [0, 0.1) is 0 Å². The molecule has 26 heavy (non-hydrogen) atoms. The Morgan fingerprint density at radius 3 is 2.62 bits per heavy atom. The second-order valence-electron chi connectivity index (χ2n) is 6.30. The number of rotatable bonds is 4. The minimum atomic E-state index is 0.730. The molecule has 1 aliphatic rings. The molecule has 5 nitrogen and oxygen atoms in total. The minimum Gasteiger partial charge on any atom is -0.493 e. The van der Waals surface area contributed by atoms with Crippen molar-refractivity contribution < 1.29 is 9.47 Å². The van der Waals surface area contributed by atoms with Crippen molar-refractivity contribution in [3.8, 4) is 22.8 Å². The molecule has 2 heterocycles. The molecule has 0 saturated heterocycles. The highest BCUT2D eigenvalue weighted by molar-refractivity contribution is 7.16. The van der Waals surface area contributed by atoms with Gasteiger partial charge in [-0.15, -0.1) is 0 Å². The third-order valence-corrected chi connectivity index (χ3v) is 5.67. The van der Waals surface area contributed by atoms with E-state index in [0.717, 1.165) is 51.3 Å². The van der Waals surface area contributed by atoms with E-state index >= 15 is 0 Å². The molecule has 0 aliphatic heterocycles. The van der Waals surface area contributed by atoms with E-state index in [1.54, 1.807) is 25.6 Å². The van der Waals surface area contributed by atoms with Crippen LogP contribution in [-0.2, 0) is 12.8 Å². The zero-order valence-corrected chi connectivity index (χ0v) is 15.3. The van der Waals surface area contributed by atoms with Gasteiger partial charge in [0.1, 0.15) is 5.01 Å². The number of hydrogen-bond acceptors (Lipinski definition) is 5. The van der Waals surface area contributed by atoms with Crippen molar-refractivity contribution in [3.05, 3.63) is 64.3 Å². The van der Waals surface area contributed by atoms with Gasteiger partial charge in [0.05, 0.1) is 25.6 Å². The standard InChI is InChI=1S/C20H17N3O2S/c1-24-16-10-13-9-15-19(14(13)11-17(16)25-2)21-20-23(15)22-18(26-20)8-12-6-4-3-5-7-12/h3-7,10-11H,8-9H2,1-2H3. The lowest BCUT2D eigenvalue weighted by atomic mass is 10.1. The summed E-state index contributed by atoms with van der Waals surface area (Å²) in [5.74, 6) is 1.48. The van der Waals surface area contributed by atoms with E-state index < -0.39 is 0 Å². The van der Waals surface area contributed by atoms with E-state index in [1.165, 1.54) is 11.1 Å². The first-order valence-corrected chi connectivity index (χ1v) is 9.25. The van der Waals surface area contributed by atoms with Gasteiger partial charge in [-0.25, -0.2) is 9.50 Å². The van der Waals surface area contributed by atoms with Gasteiger partial charge < -0.3 is 9.47 Å². The molecule has 1 aliphatic carbocycles. The molecule has 0 amide bonds. The first-order chi connectivity index (χ1) is 12.8. The maximum Gasteiger partial charge on any atom is 0.212 e. The molecule has 4 aromatic rings. The Balaban J connectivity index is 1.55. The normalized spacial score (nSPS) is 12.2. The minimum absolute atomic E-state index is 0.730. The average Bonchev–Trinajstić information content (AvgIpc) is 3.30. The first-order valence-electron chi connectivity index (χ1n) is 8.43. The second kappa shape index (κ2) is 5.85. The maximum absolute atomic E-state index is 5.44. The van der Waals surface area contributed by atoms with Crippen LogP contribution < -0.4 is 9.47 Å². The predicted octanol–water partition coefficient (Wildman–Crippen LogP) is 3.97. The molecule has 6 heteroatoms. The third-order valence-electron chi connectivity index (χ3n) is 4.76. The van der Waals surface area contributed by atoms with E-state index in [0.29, 0.717) is 0 Å². The molecule has 0 radical (unpaired) electrons. The van der Waals surface area contributed by atoms with Crippen molar-refractivity contribution in [2.45, 2.75) is 12.8 Å². The summed E-state index contributed by atoms with van der Waals surface area (Å²) in [4.78, 5) is 5.80. The fourth-order valence-electron chi connectivity index (χ4n) is 3.51. The summed E-state index contributed by atoms with van der Waals surface area (Å²) in [5, 5.41) is 5.89. The number of fused-ring (bicyclic) bond motifs is 5. The topological polar surface area (TPSA) is 48.7 Å². The molecular formula is C20H17N3O2S. The van der Waals surface area contributed by atoms with Gasteiger partial charge in [-0.3, -0.25) is 0 Å². The molecule has 5 rings (SSSR count). The predicted molar refractivity (Wildman–Crippen MR) is 101 cm³/mol. The fourth-order valence-corrected chi connectivity index (χ4v) is 4.46. The van der Waals surface area contributed by atoms with Crippen LogP contribution in [-0.4, -0.2) is 28.8 Å². The van der Waals surface area contributed by atoms with E-state index in [1.807, 2.05) is 22.7 Å². The Bertz CT molecular complexity index is 1120. The number of benzene rings is 2. The summed E-state index contributed by atoms with van der Waals surface area (Å²) in [6.45, 7) is 0. The monoisotopic (exact) mass is 363 g/mol. The highest BCUT2D eigenvalue weighted by Gasteiger charge is 2.28. The van der Waals surface area contributed by atoms with Gasteiger partial charge in [-0.05, 0) is 23.3 Å². The van der Waals surface area contributed by atoms with Gasteiger partial charge in [-0.1, -0.05) is 41.7 Å². The molecule has 0 fully saturated rings. The summed E-state index contributed by atoms with van der Waals surface area (Å²) in [7, 11) is 3.32. The molecular weight excluding hydrogens is 346 g/mol. The summed E-state index contributed by atoms with van der Waals surface area (Å²) in [6.07, 6.45) is 1.64. The van der Waals surface area contributed by atoms with Crippen LogP contribution >= 0.6 is 11.3 Å². The van der Waals surface area contributed by atoms with Crippen LogP contribution in [0.25, 0.3) is 16.2 Å². The van der Waals surface area contributed by atoms with E-state index in [2.05, 4.69) is 24.3 Å². The number of ether oxygens (including phenoxy) is 2. The Kier molecular flexibility index (Phi) is 3.46.